The lowest BCUT2D eigenvalue weighted by atomic mass is 9.77. The van der Waals surface area contributed by atoms with Crippen molar-refractivity contribution in [3.8, 4) is 21.1 Å². The van der Waals surface area contributed by atoms with Gasteiger partial charge >= 0.3 is 0 Å². The van der Waals surface area contributed by atoms with Crippen molar-refractivity contribution in [1.29, 1.82) is 0 Å². The first kappa shape index (κ1) is 18.8. The molecule has 1 aliphatic carbocycles. The Bertz CT molecular complexity index is 862. The van der Waals surface area contributed by atoms with Gasteiger partial charge in [0.25, 0.3) is 0 Å². The monoisotopic (exact) mass is 440 g/mol. The molecule has 0 saturated heterocycles. The minimum absolute atomic E-state index is 0.736. The summed E-state index contributed by atoms with van der Waals surface area (Å²) in [5.74, 6) is 1.70. The van der Waals surface area contributed by atoms with Crippen LogP contribution in [0.1, 0.15) is 56.9 Å². The van der Waals surface area contributed by atoms with Crippen LogP contribution in [0.4, 0.5) is 0 Å². The van der Waals surface area contributed by atoms with Gasteiger partial charge < -0.3 is 0 Å². The van der Waals surface area contributed by atoms with Crippen molar-refractivity contribution >= 4 is 27.3 Å². The number of aromatic nitrogens is 2. The summed E-state index contributed by atoms with van der Waals surface area (Å²) in [5, 5.41) is 10.8. The number of nitrogens with zero attached hydrogens (tertiary/aromatic N) is 2. The fourth-order valence-electron chi connectivity index (χ4n) is 4.14. The maximum absolute atomic E-state index is 4.41. The largest absolute Gasteiger partial charge is 0.148 e. The highest BCUT2D eigenvalue weighted by Gasteiger charge is 2.21. The molecule has 3 aromatic rings. The molecule has 1 heterocycles. The van der Waals surface area contributed by atoms with E-state index in [-0.39, 0.29) is 0 Å². The molecule has 1 fully saturated rings. The average Bonchev–Trinajstić information content (AvgIpc) is 3.20. The molecule has 4 rings (SSSR count). The summed E-state index contributed by atoms with van der Waals surface area (Å²) in [7, 11) is 0. The van der Waals surface area contributed by atoms with E-state index in [1.54, 1.807) is 11.3 Å². The topological polar surface area (TPSA) is 25.8 Å². The van der Waals surface area contributed by atoms with Gasteiger partial charge in [0, 0.05) is 15.6 Å². The Labute approximate surface area is 174 Å². The van der Waals surface area contributed by atoms with Crippen LogP contribution in [0.25, 0.3) is 21.1 Å². The molecule has 2 nitrogen and oxygen atoms in total. The molecule has 27 heavy (non-hydrogen) atoms. The third kappa shape index (κ3) is 4.49. The second-order valence-electron chi connectivity index (χ2n) is 7.55. The molecule has 0 unspecified atom stereocenters. The normalized spacial score (nSPS) is 19.9. The number of rotatable bonds is 5. The van der Waals surface area contributed by atoms with Crippen molar-refractivity contribution in [3.05, 3.63) is 58.6 Å². The smallest absolute Gasteiger partial charge is 0.138 e. The quantitative estimate of drug-likeness (QED) is 0.405. The van der Waals surface area contributed by atoms with E-state index < -0.39 is 0 Å². The first-order chi connectivity index (χ1) is 13.2. The molecule has 0 N–H and O–H groups in total. The van der Waals surface area contributed by atoms with Crippen LogP contribution < -0.4 is 0 Å². The fraction of sp³-hybridized carbons (Fsp3) is 0.391. The van der Waals surface area contributed by atoms with Crippen LogP contribution in [0.3, 0.4) is 0 Å². The zero-order valence-corrected chi connectivity index (χ0v) is 18.1. The molecule has 0 radical (unpaired) electrons. The third-order valence-corrected chi connectivity index (χ3v) is 7.24. The minimum atomic E-state index is 0.736. The standard InChI is InChI=1S/C23H25BrN2S/c1-2-3-16-4-6-17(7-5-16)18-8-10-19(11-9-18)22-25-26-23(27-22)20-12-14-21(24)15-13-20/h8-17H,2-7H2,1H3. The molecule has 2 aromatic carbocycles. The van der Waals surface area contributed by atoms with Gasteiger partial charge in [0.2, 0.25) is 0 Å². The fourth-order valence-corrected chi connectivity index (χ4v) is 5.26. The van der Waals surface area contributed by atoms with Crippen molar-refractivity contribution < 1.29 is 0 Å². The van der Waals surface area contributed by atoms with Gasteiger partial charge in [-0.25, -0.2) is 0 Å². The predicted octanol–water partition coefficient (Wildman–Crippen LogP) is 7.71. The van der Waals surface area contributed by atoms with Crippen molar-refractivity contribution in [2.45, 2.75) is 51.4 Å². The van der Waals surface area contributed by atoms with Crippen LogP contribution >= 0.6 is 27.3 Å². The lowest BCUT2D eigenvalue weighted by Gasteiger charge is -2.28. The van der Waals surface area contributed by atoms with Gasteiger partial charge in [0.05, 0.1) is 0 Å². The van der Waals surface area contributed by atoms with Crippen LogP contribution in [0.2, 0.25) is 0 Å². The van der Waals surface area contributed by atoms with E-state index >= 15 is 0 Å². The van der Waals surface area contributed by atoms with E-state index in [9.17, 15) is 0 Å². The minimum Gasteiger partial charge on any atom is -0.138 e. The first-order valence-corrected chi connectivity index (χ1v) is 11.5. The highest BCUT2D eigenvalue weighted by Crippen LogP contribution is 2.38. The number of benzene rings is 2. The molecule has 1 saturated carbocycles. The zero-order valence-electron chi connectivity index (χ0n) is 15.7. The molecular formula is C23H25BrN2S. The van der Waals surface area contributed by atoms with E-state index in [0.717, 1.165) is 31.9 Å². The SMILES string of the molecule is CCCC1CCC(c2ccc(-c3nnc(-c4ccc(Br)cc4)s3)cc2)CC1. The number of halogens is 1. The van der Waals surface area contributed by atoms with Gasteiger partial charge in [0.15, 0.2) is 0 Å². The van der Waals surface area contributed by atoms with Gasteiger partial charge in [-0.2, -0.15) is 0 Å². The summed E-state index contributed by atoms with van der Waals surface area (Å²) in [6.45, 7) is 2.31. The van der Waals surface area contributed by atoms with E-state index in [0.29, 0.717) is 0 Å². The van der Waals surface area contributed by atoms with Crippen LogP contribution in [0.5, 0.6) is 0 Å². The van der Waals surface area contributed by atoms with Crippen LogP contribution in [-0.4, -0.2) is 10.2 Å². The van der Waals surface area contributed by atoms with Crippen LogP contribution in [0, 0.1) is 5.92 Å². The summed E-state index contributed by atoms with van der Waals surface area (Å²) >= 11 is 5.13. The summed E-state index contributed by atoms with van der Waals surface area (Å²) in [6.07, 6.45) is 8.21. The second-order valence-corrected chi connectivity index (χ2v) is 9.44. The van der Waals surface area contributed by atoms with Crippen molar-refractivity contribution in [2.75, 3.05) is 0 Å². The Morgan fingerprint density at radius 1 is 0.852 bits per heavy atom. The maximum Gasteiger partial charge on any atom is 0.148 e. The Morgan fingerprint density at radius 3 is 1.96 bits per heavy atom. The lowest BCUT2D eigenvalue weighted by Crippen LogP contribution is -2.13. The first-order valence-electron chi connectivity index (χ1n) is 9.92. The van der Waals surface area contributed by atoms with Gasteiger partial charge in [-0.15, -0.1) is 10.2 Å². The van der Waals surface area contributed by atoms with Gasteiger partial charge in [-0.05, 0) is 55.2 Å². The van der Waals surface area contributed by atoms with Crippen molar-refractivity contribution in [2.24, 2.45) is 5.92 Å². The molecule has 0 bridgehead atoms. The van der Waals surface area contributed by atoms with E-state index in [2.05, 4.69) is 69.4 Å². The molecular weight excluding hydrogens is 416 g/mol. The highest BCUT2D eigenvalue weighted by molar-refractivity contribution is 9.10. The lowest BCUT2D eigenvalue weighted by molar-refractivity contribution is 0.308. The second kappa shape index (κ2) is 8.66. The Balaban J connectivity index is 1.44. The third-order valence-electron chi connectivity index (χ3n) is 5.69. The van der Waals surface area contributed by atoms with Crippen LogP contribution in [0.15, 0.2) is 53.0 Å². The number of hydrogen-bond acceptors (Lipinski definition) is 3. The van der Waals surface area contributed by atoms with Gasteiger partial charge in [-0.1, -0.05) is 83.4 Å². The molecule has 0 spiro atoms. The molecule has 140 valence electrons. The summed E-state index contributed by atoms with van der Waals surface area (Å²) in [5.41, 5.74) is 3.77. The molecule has 4 heteroatoms. The van der Waals surface area contributed by atoms with Crippen molar-refractivity contribution in [3.63, 3.8) is 0 Å². The molecule has 1 aliphatic rings. The average molecular weight is 441 g/mol. The Morgan fingerprint density at radius 2 is 1.41 bits per heavy atom. The molecule has 0 amide bonds. The summed E-state index contributed by atoms with van der Waals surface area (Å²) < 4.78 is 1.08. The zero-order chi connectivity index (χ0) is 18.6. The summed E-state index contributed by atoms with van der Waals surface area (Å²) in [4.78, 5) is 0. The van der Waals surface area contributed by atoms with E-state index in [4.69, 9.17) is 0 Å². The van der Waals surface area contributed by atoms with Gasteiger partial charge in [0.1, 0.15) is 10.0 Å². The molecule has 0 atom stereocenters. The maximum atomic E-state index is 4.41. The Kier molecular flexibility index (Phi) is 6.04. The summed E-state index contributed by atoms with van der Waals surface area (Å²) in [6, 6.07) is 17.3. The van der Waals surface area contributed by atoms with Gasteiger partial charge in [-0.3, -0.25) is 0 Å². The van der Waals surface area contributed by atoms with E-state index in [1.165, 1.54) is 49.7 Å². The van der Waals surface area contributed by atoms with E-state index in [1.807, 2.05) is 12.1 Å². The van der Waals surface area contributed by atoms with Crippen LogP contribution in [-0.2, 0) is 0 Å². The predicted molar refractivity (Wildman–Crippen MR) is 118 cm³/mol. The highest BCUT2D eigenvalue weighted by atomic mass is 79.9. The number of hydrogen-bond donors (Lipinski definition) is 0. The molecule has 1 aromatic heterocycles. The molecule has 0 aliphatic heterocycles. The Hall–Kier alpha value is -1.52. The van der Waals surface area contributed by atoms with Crippen molar-refractivity contribution in [1.82, 2.24) is 10.2 Å².